The standard InChI is InChI=1S/C45H92N2O6/c1-5-7-9-11-13-15-17-19-21-23-25-27-29-42-52-44(50)32-36-46(3,34-31-35-47(4,38-40-48)39-41-49)37-33-45(51)53-43-30-28-26-24-22-20-18-16-14-12-10-8-6-2/h48-49H,5-43H2,1-4H3/q+2. The first kappa shape index (κ1) is 51.8. The zero-order valence-electron chi connectivity index (χ0n) is 36.0. The fourth-order valence-corrected chi connectivity index (χ4v) is 7.47. The molecule has 0 saturated heterocycles. The van der Waals surface area contributed by atoms with Crippen molar-refractivity contribution in [2.24, 2.45) is 0 Å². The van der Waals surface area contributed by atoms with Gasteiger partial charge >= 0.3 is 11.9 Å². The van der Waals surface area contributed by atoms with Gasteiger partial charge in [-0.25, -0.2) is 0 Å². The van der Waals surface area contributed by atoms with E-state index in [2.05, 4.69) is 27.9 Å². The SMILES string of the molecule is CCCCCCCCCCCCCCCOC(=O)CC[N+](C)(CCC[N+](C)(CCO)CCO)CCC(=O)OCCCCCCCCCCCCCCC. The van der Waals surface area contributed by atoms with E-state index in [1.165, 1.54) is 141 Å². The quantitative estimate of drug-likeness (QED) is 0.0366. The summed E-state index contributed by atoms with van der Waals surface area (Å²) in [6.07, 6.45) is 35.2. The van der Waals surface area contributed by atoms with Gasteiger partial charge in [0, 0.05) is 6.42 Å². The maximum Gasteiger partial charge on any atom is 0.311 e. The highest BCUT2D eigenvalue weighted by molar-refractivity contribution is 5.70. The molecule has 0 aromatic rings. The van der Waals surface area contributed by atoms with Crippen LogP contribution in [-0.2, 0) is 19.1 Å². The van der Waals surface area contributed by atoms with Crippen LogP contribution in [0.15, 0.2) is 0 Å². The van der Waals surface area contributed by atoms with Crippen LogP contribution in [0.5, 0.6) is 0 Å². The second-order valence-corrected chi connectivity index (χ2v) is 16.8. The molecule has 0 aromatic carbocycles. The number of nitrogens with zero attached hydrogens (tertiary/aromatic N) is 2. The first-order valence-electron chi connectivity index (χ1n) is 22.9. The van der Waals surface area contributed by atoms with Crippen LogP contribution in [0.25, 0.3) is 0 Å². The molecule has 0 heterocycles. The number of unbranched alkanes of at least 4 members (excludes halogenated alkanes) is 24. The molecule has 0 unspecified atom stereocenters. The highest BCUT2D eigenvalue weighted by atomic mass is 16.5. The molecule has 0 spiro atoms. The van der Waals surface area contributed by atoms with Crippen molar-refractivity contribution < 1.29 is 38.2 Å². The van der Waals surface area contributed by atoms with Crippen LogP contribution in [0.2, 0.25) is 0 Å². The maximum absolute atomic E-state index is 12.7. The average Bonchev–Trinajstić information content (AvgIpc) is 3.13. The zero-order chi connectivity index (χ0) is 39.1. The number of hydrogen-bond acceptors (Lipinski definition) is 6. The Balaban J connectivity index is 4.39. The second-order valence-electron chi connectivity index (χ2n) is 16.8. The van der Waals surface area contributed by atoms with Crippen LogP contribution in [0.3, 0.4) is 0 Å². The summed E-state index contributed by atoms with van der Waals surface area (Å²) in [7, 11) is 4.19. The van der Waals surface area contributed by atoms with Gasteiger partial charge in [-0.3, -0.25) is 9.59 Å². The summed E-state index contributed by atoms with van der Waals surface area (Å²) < 4.78 is 12.4. The van der Waals surface area contributed by atoms with Crippen LogP contribution in [-0.4, -0.2) is 111 Å². The summed E-state index contributed by atoms with van der Waals surface area (Å²) >= 11 is 0. The van der Waals surface area contributed by atoms with Crippen molar-refractivity contribution in [1.82, 2.24) is 0 Å². The lowest BCUT2D eigenvalue weighted by Gasteiger charge is -2.37. The second kappa shape index (κ2) is 37.7. The normalized spacial score (nSPS) is 12.0. The van der Waals surface area contributed by atoms with Crippen molar-refractivity contribution in [3.05, 3.63) is 0 Å². The molecule has 0 aromatic heterocycles. The minimum atomic E-state index is -0.153. The molecule has 0 bridgehead atoms. The van der Waals surface area contributed by atoms with Crippen LogP contribution in [0.1, 0.15) is 200 Å². The van der Waals surface area contributed by atoms with Gasteiger partial charge in [-0.1, -0.05) is 168 Å². The number of ether oxygens (including phenoxy) is 2. The third-order valence-corrected chi connectivity index (χ3v) is 11.4. The highest BCUT2D eigenvalue weighted by Gasteiger charge is 2.27. The molecule has 8 nitrogen and oxygen atoms in total. The first-order chi connectivity index (χ1) is 25.7. The minimum Gasteiger partial charge on any atom is -0.466 e. The molecule has 8 heteroatoms. The van der Waals surface area contributed by atoms with E-state index in [1.54, 1.807) is 0 Å². The van der Waals surface area contributed by atoms with Crippen molar-refractivity contribution >= 4 is 11.9 Å². The maximum atomic E-state index is 12.7. The van der Waals surface area contributed by atoms with E-state index >= 15 is 0 Å². The third-order valence-electron chi connectivity index (χ3n) is 11.4. The van der Waals surface area contributed by atoms with Crippen LogP contribution >= 0.6 is 0 Å². The predicted molar refractivity (Wildman–Crippen MR) is 223 cm³/mol. The molecule has 53 heavy (non-hydrogen) atoms. The Morgan fingerprint density at radius 3 is 0.925 bits per heavy atom. The molecular weight excluding hydrogens is 665 g/mol. The highest BCUT2D eigenvalue weighted by Crippen LogP contribution is 2.16. The molecule has 0 aliphatic carbocycles. The number of aliphatic hydroxyl groups excluding tert-OH is 2. The molecule has 0 aliphatic rings. The third kappa shape index (κ3) is 35.0. The Hall–Kier alpha value is -1.22. The summed E-state index contributed by atoms with van der Waals surface area (Å²) in [6, 6.07) is 0. The molecule has 2 N–H and O–H groups in total. The lowest BCUT2D eigenvalue weighted by molar-refractivity contribution is -0.927. The van der Waals surface area contributed by atoms with Gasteiger partial charge in [0.05, 0.1) is 79.5 Å². The van der Waals surface area contributed by atoms with Gasteiger partial charge < -0.3 is 28.7 Å². The lowest BCUT2D eigenvalue weighted by Crippen LogP contribution is -2.52. The van der Waals surface area contributed by atoms with Gasteiger partial charge in [0.25, 0.3) is 0 Å². The smallest absolute Gasteiger partial charge is 0.311 e. The summed E-state index contributed by atoms with van der Waals surface area (Å²) in [5.74, 6) is -0.307. The largest absolute Gasteiger partial charge is 0.466 e. The number of rotatable bonds is 42. The zero-order valence-corrected chi connectivity index (χ0v) is 36.0. The van der Waals surface area contributed by atoms with Crippen LogP contribution < -0.4 is 0 Å². The number of carbonyl (C=O) groups is 2. The molecule has 0 amide bonds. The van der Waals surface area contributed by atoms with Crippen LogP contribution in [0, 0.1) is 0 Å². The van der Waals surface area contributed by atoms with Gasteiger partial charge in [-0.15, -0.1) is 0 Å². The summed E-state index contributed by atoms with van der Waals surface area (Å²) in [6.45, 7) is 9.75. The van der Waals surface area contributed by atoms with E-state index in [9.17, 15) is 19.8 Å². The Bertz CT molecular complexity index is 756. The minimum absolute atomic E-state index is 0.0822. The van der Waals surface area contributed by atoms with E-state index in [1.807, 2.05) is 0 Å². The molecule has 0 saturated carbocycles. The topological polar surface area (TPSA) is 93.1 Å². The van der Waals surface area contributed by atoms with E-state index < -0.39 is 0 Å². The lowest BCUT2D eigenvalue weighted by atomic mass is 10.0. The summed E-state index contributed by atoms with van der Waals surface area (Å²) in [4.78, 5) is 25.5. The average molecular weight is 757 g/mol. The van der Waals surface area contributed by atoms with Crippen molar-refractivity contribution in [2.75, 3.05) is 79.8 Å². The molecule has 0 radical (unpaired) electrons. The monoisotopic (exact) mass is 757 g/mol. The number of quaternary nitrogens is 2. The van der Waals surface area contributed by atoms with Gasteiger partial charge in [0.15, 0.2) is 0 Å². The molecule has 0 fully saturated rings. The number of esters is 2. The van der Waals surface area contributed by atoms with Crippen molar-refractivity contribution in [3.63, 3.8) is 0 Å². The molecule has 0 atom stereocenters. The number of aliphatic hydroxyl groups is 2. The Morgan fingerprint density at radius 2 is 0.642 bits per heavy atom. The molecular formula is C45H92N2O6+2. The Labute approximate surface area is 329 Å². The van der Waals surface area contributed by atoms with Gasteiger partial charge in [0.1, 0.15) is 13.1 Å². The predicted octanol–water partition coefficient (Wildman–Crippen LogP) is 10.3. The Kier molecular flexibility index (Phi) is 36.8. The van der Waals surface area contributed by atoms with Crippen molar-refractivity contribution in [2.45, 2.75) is 200 Å². The van der Waals surface area contributed by atoms with Crippen molar-refractivity contribution in [1.29, 1.82) is 0 Å². The van der Waals surface area contributed by atoms with E-state index in [0.717, 1.165) is 45.2 Å². The van der Waals surface area contributed by atoms with E-state index in [-0.39, 0.29) is 25.2 Å². The first-order valence-corrected chi connectivity index (χ1v) is 22.9. The molecule has 0 rings (SSSR count). The Morgan fingerprint density at radius 1 is 0.377 bits per heavy atom. The molecule has 316 valence electrons. The van der Waals surface area contributed by atoms with Gasteiger partial charge in [-0.2, -0.15) is 0 Å². The summed E-state index contributed by atoms with van der Waals surface area (Å²) in [5, 5.41) is 19.1. The van der Waals surface area contributed by atoms with Gasteiger partial charge in [0.2, 0.25) is 0 Å². The number of hydrogen-bond donors (Lipinski definition) is 2. The number of likely N-dealkylation sites (N-methyl/N-ethyl adjacent to an activating group) is 1. The fourth-order valence-electron chi connectivity index (χ4n) is 7.47. The van der Waals surface area contributed by atoms with Crippen molar-refractivity contribution in [3.8, 4) is 0 Å². The number of carbonyl (C=O) groups excluding carboxylic acids is 2. The molecule has 0 aliphatic heterocycles. The van der Waals surface area contributed by atoms with Gasteiger partial charge in [-0.05, 0) is 12.8 Å². The van der Waals surface area contributed by atoms with Crippen LogP contribution in [0.4, 0.5) is 0 Å². The van der Waals surface area contributed by atoms with E-state index in [0.29, 0.717) is 61.2 Å². The summed E-state index contributed by atoms with van der Waals surface area (Å²) in [5.41, 5.74) is 0. The van der Waals surface area contributed by atoms with E-state index in [4.69, 9.17) is 9.47 Å². The fraction of sp³-hybridized carbons (Fsp3) is 0.956.